The van der Waals surface area contributed by atoms with Gasteiger partial charge in [-0.25, -0.2) is 0 Å². The van der Waals surface area contributed by atoms with E-state index in [-0.39, 0.29) is 12.8 Å². The second-order valence-corrected chi connectivity index (χ2v) is 9.01. The molecule has 0 spiro atoms. The molecule has 0 radical (unpaired) electrons. The second kappa shape index (κ2) is 11.8. The van der Waals surface area contributed by atoms with Crippen molar-refractivity contribution in [3.63, 3.8) is 0 Å². The van der Waals surface area contributed by atoms with E-state index in [9.17, 15) is 9.59 Å². The summed E-state index contributed by atoms with van der Waals surface area (Å²) < 4.78 is 0. The molecule has 0 aliphatic rings. The van der Waals surface area contributed by atoms with E-state index in [4.69, 9.17) is 10.2 Å². The van der Waals surface area contributed by atoms with Gasteiger partial charge in [0.1, 0.15) is 0 Å². The second-order valence-electron chi connectivity index (χ2n) is 2.77. The van der Waals surface area contributed by atoms with Gasteiger partial charge in [-0.2, -0.15) is 0 Å². The molecule has 0 fully saturated rings. The van der Waals surface area contributed by atoms with Gasteiger partial charge in [-0.15, -0.1) is 0 Å². The topological polar surface area (TPSA) is 74.6 Å². The number of carboxylic acid groups (broad SMARTS) is 2. The first-order chi connectivity index (χ1) is 7.63. The zero-order valence-electron chi connectivity index (χ0n) is 8.59. The third kappa shape index (κ3) is 14.3. The molecule has 16 heavy (non-hydrogen) atoms. The van der Waals surface area contributed by atoms with E-state index >= 15 is 0 Å². The molecule has 0 amide bonds. The van der Waals surface area contributed by atoms with Gasteiger partial charge >= 0.3 is 11.9 Å². The Morgan fingerprint density at radius 2 is 1.19 bits per heavy atom. The van der Waals surface area contributed by atoms with Crippen LogP contribution in [0, 0.1) is 0 Å². The monoisotopic (exact) mass is 302 g/mol. The van der Waals surface area contributed by atoms with Gasteiger partial charge in [-0.1, -0.05) is 21.6 Å². The molecular weight excluding hydrogens is 288 g/mol. The lowest BCUT2D eigenvalue weighted by atomic mass is 10.3. The van der Waals surface area contributed by atoms with Crippen LogP contribution in [0.4, 0.5) is 0 Å². The van der Waals surface area contributed by atoms with E-state index in [2.05, 4.69) is 0 Å². The minimum absolute atomic E-state index is 0.226. The fraction of sp³-hybridized carbons (Fsp3) is 0.750. The summed E-state index contributed by atoms with van der Waals surface area (Å²) in [6.45, 7) is 0. The summed E-state index contributed by atoms with van der Waals surface area (Å²) in [5.41, 5.74) is 0. The molecule has 2 N–H and O–H groups in total. The van der Waals surface area contributed by atoms with Gasteiger partial charge in [0.25, 0.3) is 0 Å². The van der Waals surface area contributed by atoms with Gasteiger partial charge in [0, 0.05) is 24.3 Å². The van der Waals surface area contributed by atoms with Crippen LogP contribution >= 0.6 is 41.2 Å². The van der Waals surface area contributed by atoms with Crippen molar-refractivity contribution in [1.82, 2.24) is 0 Å². The molecule has 0 aliphatic carbocycles. The fourth-order valence-electron chi connectivity index (χ4n) is 0.672. The number of hydrogen-bond acceptors (Lipinski definition) is 6. The third-order valence-electron chi connectivity index (χ3n) is 1.36. The Morgan fingerprint density at radius 1 is 0.812 bits per heavy atom. The van der Waals surface area contributed by atoms with Crippen LogP contribution in [0.5, 0.6) is 0 Å². The van der Waals surface area contributed by atoms with E-state index in [0.29, 0.717) is 12.8 Å². The summed E-state index contributed by atoms with van der Waals surface area (Å²) in [4.78, 5) is 20.4. The van der Waals surface area contributed by atoms with Crippen LogP contribution in [0.3, 0.4) is 0 Å². The lowest BCUT2D eigenvalue weighted by Crippen LogP contribution is -1.94. The van der Waals surface area contributed by atoms with E-state index in [1.807, 2.05) is 0 Å². The lowest BCUT2D eigenvalue weighted by molar-refractivity contribution is -0.138. The van der Waals surface area contributed by atoms with Crippen molar-refractivity contribution < 1.29 is 19.8 Å². The minimum atomic E-state index is -0.749. The first-order valence-corrected chi connectivity index (χ1v) is 9.79. The highest BCUT2D eigenvalue weighted by atomic mass is 33.7. The molecule has 4 nitrogen and oxygen atoms in total. The summed E-state index contributed by atoms with van der Waals surface area (Å²) in [5.74, 6) is 0.168. The molecule has 0 bridgehead atoms. The zero-order valence-corrected chi connectivity index (χ0v) is 11.9. The normalized spacial score (nSPS) is 10.2. The van der Waals surface area contributed by atoms with Gasteiger partial charge in [0.2, 0.25) is 0 Å². The SMILES string of the molecule is O=C(O)CCCSSSSCCCC(=O)O. The summed E-state index contributed by atoms with van der Waals surface area (Å²) in [7, 11) is 6.52. The maximum atomic E-state index is 10.2. The number of carbonyl (C=O) groups is 2. The van der Waals surface area contributed by atoms with Crippen LogP contribution < -0.4 is 0 Å². The van der Waals surface area contributed by atoms with Crippen molar-refractivity contribution in [3.8, 4) is 0 Å². The number of aliphatic carboxylic acids is 2. The smallest absolute Gasteiger partial charge is 0.303 e. The molecule has 0 unspecified atom stereocenters. The van der Waals surface area contributed by atoms with Gasteiger partial charge in [0.05, 0.1) is 0 Å². The Balaban J connectivity index is 2.98. The average molecular weight is 302 g/mol. The van der Waals surface area contributed by atoms with Crippen molar-refractivity contribution in [2.45, 2.75) is 25.7 Å². The Morgan fingerprint density at radius 3 is 1.50 bits per heavy atom. The van der Waals surface area contributed by atoms with Crippen molar-refractivity contribution >= 4 is 53.2 Å². The van der Waals surface area contributed by atoms with E-state index in [1.54, 1.807) is 41.2 Å². The van der Waals surface area contributed by atoms with Crippen LogP contribution in [0.1, 0.15) is 25.7 Å². The van der Waals surface area contributed by atoms with E-state index < -0.39 is 11.9 Å². The quantitative estimate of drug-likeness (QED) is 0.444. The molecule has 0 atom stereocenters. The van der Waals surface area contributed by atoms with Crippen LogP contribution in [-0.2, 0) is 9.59 Å². The highest BCUT2D eigenvalue weighted by Gasteiger charge is 1.99. The van der Waals surface area contributed by atoms with Crippen LogP contribution in [0.2, 0.25) is 0 Å². The molecule has 0 saturated carbocycles. The highest BCUT2D eigenvalue weighted by Crippen LogP contribution is 2.43. The first-order valence-electron chi connectivity index (χ1n) is 4.64. The molecule has 0 aromatic rings. The predicted octanol–water partition coefficient (Wildman–Crippen LogP) is 3.39. The average Bonchev–Trinajstić information content (AvgIpc) is 2.20. The predicted molar refractivity (Wildman–Crippen MR) is 73.8 cm³/mol. The summed E-state index contributed by atoms with van der Waals surface area (Å²) in [5, 5.41) is 16.8. The zero-order chi connectivity index (χ0) is 12.2. The van der Waals surface area contributed by atoms with Crippen LogP contribution in [-0.4, -0.2) is 33.7 Å². The fourth-order valence-corrected chi connectivity index (χ4v) is 6.82. The molecule has 0 rings (SSSR count). The first kappa shape index (κ1) is 16.3. The number of rotatable bonds is 11. The maximum absolute atomic E-state index is 10.2. The molecule has 0 aliphatic heterocycles. The Kier molecular flexibility index (Phi) is 12.1. The lowest BCUT2D eigenvalue weighted by Gasteiger charge is -1.99. The highest BCUT2D eigenvalue weighted by molar-refractivity contribution is 9.26. The summed E-state index contributed by atoms with van der Waals surface area (Å²) in [6.07, 6.45) is 1.84. The molecule has 8 heteroatoms. The number of carboxylic acids is 2. The van der Waals surface area contributed by atoms with Crippen molar-refractivity contribution in [2.24, 2.45) is 0 Å². The van der Waals surface area contributed by atoms with Crippen molar-refractivity contribution in [2.75, 3.05) is 11.5 Å². The molecule has 0 aromatic heterocycles. The summed E-state index contributed by atoms with van der Waals surface area (Å²) >= 11 is 0. The van der Waals surface area contributed by atoms with Gasteiger partial charge in [0.15, 0.2) is 0 Å². The van der Waals surface area contributed by atoms with Gasteiger partial charge in [-0.3, -0.25) is 9.59 Å². The third-order valence-corrected chi connectivity index (χ3v) is 8.00. The largest absolute Gasteiger partial charge is 0.481 e. The van der Waals surface area contributed by atoms with Crippen molar-refractivity contribution in [1.29, 1.82) is 0 Å². The standard InChI is InChI=1S/C8H14O4S4/c9-7(10)3-1-5-13-15-16-14-6-2-4-8(11)12/h1-6H2,(H,9,10)(H,11,12). The van der Waals surface area contributed by atoms with Crippen molar-refractivity contribution in [3.05, 3.63) is 0 Å². The molecule has 94 valence electrons. The Labute approximate surface area is 110 Å². The Bertz CT molecular complexity index is 190. The van der Waals surface area contributed by atoms with Crippen LogP contribution in [0.25, 0.3) is 0 Å². The molecular formula is C8H14O4S4. The molecule has 0 heterocycles. The van der Waals surface area contributed by atoms with E-state index in [0.717, 1.165) is 11.5 Å². The van der Waals surface area contributed by atoms with E-state index in [1.165, 1.54) is 0 Å². The summed E-state index contributed by atoms with van der Waals surface area (Å²) in [6, 6.07) is 0. The Hall–Kier alpha value is 0.340. The molecule has 0 aromatic carbocycles. The van der Waals surface area contributed by atoms with Crippen LogP contribution in [0.15, 0.2) is 0 Å². The molecule has 0 saturated heterocycles. The number of hydrogen-bond donors (Lipinski definition) is 2. The van der Waals surface area contributed by atoms with Gasteiger partial charge in [-0.05, 0) is 32.5 Å². The maximum Gasteiger partial charge on any atom is 0.303 e. The van der Waals surface area contributed by atoms with Gasteiger partial charge < -0.3 is 10.2 Å². The minimum Gasteiger partial charge on any atom is -0.481 e.